The van der Waals surface area contributed by atoms with Crippen LogP contribution in [0.15, 0.2) is 0 Å². The van der Waals surface area contributed by atoms with Crippen LogP contribution in [0.2, 0.25) is 0 Å². The maximum Gasteiger partial charge on any atom is 0.226 e. The predicted octanol–water partition coefficient (Wildman–Crippen LogP) is 3.20. The van der Waals surface area contributed by atoms with Crippen LogP contribution in [0.3, 0.4) is 0 Å². The minimum Gasteiger partial charge on any atom is -0.339 e. The minimum atomic E-state index is 0.277. The number of amides is 1. The molecule has 0 bridgehead atoms. The Morgan fingerprint density at radius 2 is 2.19 bits per heavy atom. The molecule has 1 heterocycles. The van der Waals surface area contributed by atoms with Crippen molar-refractivity contribution in [3.8, 4) is 0 Å². The molecular formula is C13H22BrNO. The normalized spacial score (nSPS) is 31.8. The van der Waals surface area contributed by atoms with Crippen molar-refractivity contribution < 1.29 is 4.79 Å². The maximum absolute atomic E-state index is 12.3. The van der Waals surface area contributed by atoms with E-state index in [-0.39, 0.29) is 5.41 Å². The third-order valence-corrected chi connectivity index (χ3v) is 4.70. The summed E-state index contributed by atoms with van der Waals surface area (Å²) in [5.74, 6) is 0.749. The van der Waals surface area contributed by atoms with Gasteiger partial charge in [0.15, 0.2) is 0 Å². The minimum absolute atomic E-state index is 0.277. The summed E-state index contributed by atoms with van der Waals surface area (Å²) in [5.41, 5.74) is 0.277. The molecule has 3 heteroatoms. The SMILES string of the molecule is CC1(C)CC1C(=O)N1CCCC1CCCBr. The van der Waals surface area contributed by atoms with Gasteiger partial charge in [0.1, 0.15) is 0 Å². The molecule has 0 aromatic carbocycles. The molecule has 1 amide bonds. The summed E-state index contributed by atoms with van der Waals surface area (Å²) in [7, 11) is 0. The highest BCUT2D eigenvalue weighted by atomic mass is 79.9. The molecule has 0 N–H and O–H groups in total. The van der Waals surface area contributed by atoms with E-state index in [0.29, 0.717) is 17.9 Å². The largest absolute Gasteiger partial charge is 0.339 e. The smallest absolute Gasteiger partial charge is 0.226 e. The first-order chi connectivity index (χ1) is 7.56. The Morgan fingerprint density at radius 1 is 1.50 bits per heavy atom. The fourth-order valence-corrected chi connectivity index (χ4v) is 3.15. The molecule has 2 aliphatic rings. The van der Waals surface area contributed by atoms with E-state index in [1.807, 2.05) is 0 Å². The molecule has 1 aliphatic carbocycles. The Labute approximate surface area is 107 Å². The topological polar surface area (TPSA) is 20.3 Å². The van der Waals surface area contributed by atoms with E-state index < -0.39 is 0 Å². The van der Waals surface area contributed by atoms with Crippen LogP contribution in [0, 0.1) is 11.3 Å². The lowest BCUT2D eigenvalue weighted by Gasteiger charge is -2.25. The number of rotatable bonds is 4. The van der Waals surface area contributed by atoms with Crippen LogP contribution in [-0.4, -0.2) is 28.7 Å². The monoisotopic (exact) mass is 287 g/mol. The molecular weight excluding hydrogens is 266 g/mol. The van der Waals surface area contributed by atoms with Gasteiger partial charge < -0.3 is 4.90 Å². The van der Waals surface area contributed by atoms with Gasteiger partial charge in [-0.1, -0.05) is 29.8 Å². The number of likely N-dealkylation sites (tertiary alicyclic amines) is 1. The van der Waals surface area contributed by atoms with E-state index in [2.05, 4.69) is 34.7 Å². The zero-order valence-corrected chi connectivity index (χ0v) is 11.9. The van der Waals surface area contributed by atoms with E-state index in [4.69, 9.17) is 0 Å². The van der Waals surface area contributed by atoms with E-state index in [9.17, 15) is 4.79 Å². The van der Waals surface area contributed by atoms with Gasteiger partial charge in [0.25, 0.3) is 0 Å². The summed E-state index contributed by atoms with van der Waals surface area (Å²) in [6.45, 7) is 5.41. The summed E-state index contributed by atoms with van der Waals surface area (Å²) >= 11 is 3.47. The molecule has 2 rings (SSSR count). The molecule has 1 saturated carbocycles. The third-order valence-electron chi connectivity index (χ3n) is 4.14. The Kier molecular flexibility index (Phi) is 3.62. The Hall–Kier alpha value is -0.0500. The van der Waals surface area contributed by atoms with Crippen molar-refractivity contribution >= 4 is 21.8 Å². The number of halogens is 1. The molecule has 1 aliphatic heterocycles. The van der Waals surface area contributed by atoms with Gasteiger partial charge in [-0.2, -0.15) is 0 Å². The second-order valence-corrected chi connectivity index (χ2v) is 6.70. The highest BCUT2D eigenvalue weighted by Gasteiger charge is 2.52. The average molecular weight is 288 g/mol. The van der Waals surface area contributed by atoms with E-state index in [1.165, 1.54) is 25.7 Å². The van der Waals surface area contributed by atoms with Gasteiger partial charge in [0.2, 0.25) is 5.91 Å². The molecule has 16 heavy (non-hydrogen) atoms. The van der Waals surface area contributed by atoms with Crippen molar-refractivity contribution in [2.75, 3.05) is 11.9 Å². The molecule has 0 aromatic heterocycles. The lowest BCUT2D eigenvalue weighted by Crippen LogP contribution is -2.37. The zero-order chi connectivity index (χ0) is 11.8. The van der Waals surface area contributed by atoms with Gasteiger partial charge in [-0.05, 0) is 37.5 Å². The average Bonchev–Trinajstić information content (AvgIpc) is 2.69. The van der Waals surface area contributed by atoms with Gasteiger partial charge in [0, 0.05) is 23.8 Å². The Bertz CT molecular complexity index is 277. The van der Waals surface area contributed by atoms with Crippen molar-refractivity contribution in [2.24, 2.45) is 11.3 Å². The number of nitrogens with zero attached hydrogens (tertiary/aromatic N) is 1. The van der Waals surface area contributed by atoms with E-state index in [0.717, 1.165) is 18.3 Å². The maximum atomic E-state index is 12.3. The quantitative estimate of drug-likeness (QED) is 0.727. The number of hydrogen-bond donors (Lipinski definition) is 0. The molecule has 0 aromatic rings. The zero-order valence-electron chi connectivity index (χ0n) is 10.3. The first kappa shape index (κ1) is 12.4. The highest BCUT2D eigenvalue weighted by Crippen LogP contribution is 2.53. The van der Waals surface area contributed by atoms with Crippen LogP contribution in [0.4, 0.5) is 0 Å². The molecule has 0 radical (unpaired) electrons. The van der Waals surface area contributed by atoms with Crippen molar-refractivity contribution in [3.05, 3.63) is 0 Å². The first-order valence-electron chi connectivity index (χ1n) is 6.43. The van der Waals surface area contributed by atoms with E-state index >= 15 is 0 Å². The molecule has 2 fully saturated rings. The van der Waals surface area contributed by atoms with Crippen LogP contribution in [0.5, 0.6) is 0 Å². The molecule has 0 spiro atoms. The Balaban J connectivity index is 1.90. The first-order valence-corrected chi connectivity index (χ1v) is 7.55. The van der Waals surface area contributed by atoms with Crippen molar-refractivity contribution in [2.45, 2.75) is 52.0 Å². The summed E-state index contributed by atoms with van der Waals surface area (Å²) < 4.78 is 0. The van der Waals surface area contributed by atoms with Crippen LogP contribution in [0.25, 0.3) is 0 Å². The molecule has 92 valence electrons. The van der Waals surface area contributed by atoms with Crippen molar-refractivity contribution in [1.82, 2.24) is 4.90 Å². The van der Waals surface area contributed by atoms with Crippen LogP contribution >= 0.6 is 15.9 Å². The molecule has 1 saturated heterocycles. The van der Waals surface area contributed by atoms with E-state index in [1.54, 1.807) is 0 Å². The van der Waals surface area contributed by atoms with Crippen molar-refractivity contribution in [3.63, 3.8) is 0 Å². The molecule has 2 atom stereocenters. The van der Waals surface area contributed by atoms with Crippen LogP contribution in [0.1, 0.15) is 46.0 Å². The summed E-state index contributed by atoms with van der Waals surface area (Å²) in [5, 5.41) is 1.06. The highest BCUT2D eigenvalue weighted by molar-refractivity contribution is 9.09. The van der Waals surface area contributed by atoms with Crippen LogP contribution in [-0.2, 0) is 4.79 Å². The fourth-order valence-electron chi connectivity index (χ4n) is 2.83. The summed E-state index contributed by atoms with van der Waals surface area (Å²) in [6, 6.07) is 0.529. The second-order valence-electron chi connectivity index (χ2n) is 5.90. The predicted molar refractivity (Wildman–Crippen MR) is 69.7 cm³/mol. The van der Waals surface area contributed by atoms with Gasteiger partial charge in [-0.15, -0.1) is 0 Å². The number of hydrogen-bond acceptors (Lipinski definition) is 1. The fraction of sp³-hybridized carbons (Fsp3) is 0.923. The lowest BCUT2D eigenvalue weighted by molar-refractivity contribution is -0.134. The standard InChI is InChI=1S/C13H22BrNO/c1-13(2)9-11(13)12(16)15-8-4-6-10(15)5-3-7-14/h10-11H,3-9H2,1-2H3. The second kappa shape index (κ2) is 4.67. The van der Waals surface area contributed by atoms with Crippen molar-refractivity contribution in [1.29, 1.82) is 0 Å². The van der Waals surface area contributed by atoms with Gasteiger partial charge in [-0.25, -0.2) is 0 Å². The van der Waals surface area contributed by atoms with Gasteiger partial charge in [0.05, 0.1) is 0 Å². The number of carbonyl (C=O) groups excluding carboxylic acids is 1. The molecule has 2 unspecified atom stereocenters. The molecule has 2 nitrogen and oxygen atoms in total. The number of alkyl halides is 1. The lowest BCUT2D eigenvalue weighted by atomic mass is 10.1. The summed E-state index contributed by atoms with van der Waals surface area (Å²) in [4.78, 5) is 14.5. The summed E-state index contributed by atoms with van der Waals surface area (Å²) in [6.07, 6.45) is 5.86. The Morgan fingerprint density at radius 3 is 2.75 bits per heavy atom. The van der Waals surface area contributed by atoms with Gasteiger partial charge in [-0.3, -0.25) is 4.79 Å². The van der Waals surface area contributed by atoms with Crippen LogP contribution < -0.4 is 0 Å². The number of carbonyl (C=O) groups is 1. The third kappa shape index (κ3) is 2.44. The van der Waals surface area contributed by atoms with Gasteiger partial charge >= 0.3 is 0 Å².